The quantitative estimate of drug-likeness (QED) is 0.567. The first-order valence-corrected chi connectivity index (χ1v) is 5.74. The molecule has 1 aromatic rings. The molecule has 0 radical (unpaired) electrons. The van der Waals surface area contributed by atoms with Gasteiger partial charge in [0.1, 0.15) is 24.0 Å². The van der Waals surface area contributed by atoms with Crippen molar-refractivity contribution in [2.24, 2.45) is 0 Å². The second kappa shape index (κ2) is 6.33. The van der Waals surface area contributed by atoms with Crippen LogP contribution in [0.1, 0.15) is 5.56 Å². The lowest BCUT2D eigenvalue weighted by molar-refractivity contribution is 0.146. The zero-order valence-electron chi connectivity index (χ0n) is 8.82. The molecule has 0 aromatic heterocycles. The Bertz CT molecular complexity index is 360. The van der Waals surface area contributed by atoms with Gasteiger partial charge in [-0.25, -0.2) is 0 Å². The highest BCUT2D eigenvalue weighted by Gasteiger charge is 2.07. The molecule has 4 heteroatoms. The molecule has 0 atom stereocenters. The third-order valence-corrected chi connectivity index (χ3v) is 2.64. The lowest BCUT2D eigenvalue weighted by Crippen LogP contribution is -2.05. The molecule has 0 saturated carbocycles. The van der Waals surface area contributed by atoms with Crippen LogP contribution < -0.4 is 4.74 Å². The Morgan fingerprint density at radius 2 is 2.20 bits per heavy atom. The Hall–Kier alpha value is -1.18. The van der Waals surface area contributed by atoms with E-state index in [9.17, 15) is 0 Å². The molecule has 1 aromatic carbocycles. The summed E-state index contributed by atoms with van der Waals surface area (Å²) in [4.78, 5) is 0.937. The zero-order chi connectivity index (χ0) is 11.1. The average molecular weight is 223 g/mol. The molecule has 80 valence electrons. The molecule has 3 nitrogen and oxygen atoms in total. The van der Waals surface area contributed by atoms with E-state index in [1.165, 1.54) is 11.8 Å². The summed E-state index contributed by atoms with van der Waals surface area (Å²) >= 11 is 1.54. The van der Waals surface area contributed by atoms with Crippen molar-refractivity contribution in [3.05, 3.63) is 23.8 Å². The summed E-state index contributed by atoms with van der Waals surface area (Å²) in [5.74, 6) is 0.626. The number of rotatable bonds is 5. The van der Waals surface area contributed by atoms with E-state index in [4.69, 9.17) is 14.7 Å². The largest absolute Gasteiger partial charge is 0.490 e. The molecular weight excluding hydrogens is 210 g/mol. The van der Waals surface area contributed by atoms with Crippen molar-refractivity contribution in [2.45, 2.75) is 4.90 Å². The summed E-state index contributed by atoms with van der Waals surface area (Å²) in [5, 5.41) is 9.01. The third kappa shape index (κ3) is 3.15. The Kier molecular flexibility index (Phi) is 5.02. The molecule has 15 heavy (non-hydrogen) atoms. The number of nitrogens with zero attached hydrogens (tertiary/aromatic N) is 1. The normalized spacial score (nSPS) is 9.67. The Balaban J connectivity index is 2.83. The van der Waals surface area contributed by atoms with Crippen LogP contribution in [0, 0.1) is 11.3 Å². The van der Waals surface area contributed by atoms with Gasteiger partial charge in [0.25, 0.3) is 0 Å². The van der Waals surface area contributed by atoms with Gasteiger partial charge >= 0.3 is 0 Å². The SMILES string of the molecule is COCCOc1cccc(SC)c1C#N. The number of methoxy groups -OCH3 is 1. The second-order valence-corrected chi connectivity index (χ2v) is 3.63. The van der Waals surface area contributed by atoms with Gasteiger partial charge in [0.2, 0.25) is 0 Å². The molecule has 0 spiro atoms. The van der Waals surface area contributed by atoms with E-state index in [0.717, 1.165) is 4.90 Å². The van der Waals surface area contributed by atoms with Crippen LogP contribution in [-0.2, 0) is 4.74 Å². The Morgan fingerprint density at radius 1 is 1.40 bits per heavy atom. The van der Waals surface area contributed by atoms with E-state index in [1.807, 2.05) is 18.4 Å². The summed E-state index contributed by atoms with van der Waals surface area (Å²) in [6, 6.07) is 7.75. The van der Waals surface area contributed by atoms with Gasteiger partial charge in [0.05, 0.1) is 6.61 Å². The molecule has 0 aliphatic rings. The van der Waals surface area contributed by atoms with Gasteiger partial charge in [-0.1, -0.05) is 6.07 Å². The van der Waals surface area contributed by atoms with Crippen LogP contribution >= 0.6 is 11.8 Å². The van der Waals surface area contributed by atoms with Crippen molar-refractivity contribution < 1.29 is 9.47 Å². The third-order valence-electron chi connectivity index (χ3n) is 1.86. The van der Waals surface area contributed by atoms with E-state index < -0.39 is 0 Å². The number of nitriles is 1. The first kappa shape index (κ1) is 11.9. The van der Waals surface area contributed by atoms with E-state index in [1.54, 1.807) is 13.2 Å². The van der Waals surface area contributed by atoms with Crippen LogP contribution in [0.4, 0.5) is 0 Å². The number of ether oxygens (including phenoxy) is 2. The first-order valence-electron chi connectivity index (χ1n) is 4.52. The fraction of sp³-hybridized carbons (Fsp3) is 0.364. The summed E-state index contributed by atoms with van der Waals surface area (Å²) in [5.41, 5.74) is 0.598. The minimum Gasteiger partial charge on any atom is -0.490 e. The molecule has 0 unspecified atom stereocenters. The maximum atomic E-state index is 9.01. The van der Waals surface area contributed by atoms with Crippen LogP contribution in [0.5, 0.6) is 5.75 Å². The Morgan fingerprint density at radius 3 is 2.80 bits per heavy atom. The molecule has 0 fully saturated rings. The molecule has 0 heterocycles. The van der Waals surface area contributed by atoms with Crippen molar-refractivity contribution in [2.75, 3.05) is 26.6 Å². The van der Waals surface area contributed by atoms with Crippen molar-refractivity contribution in [3.63, 3.8) is 0 Å². The molecule has 0 aliphatic heterocycles. The fourth-order valence-electron chi connectivity index (χ4n) is 1.15. The van der Waals surface area contributed by atoms with Crippen LogP contribution in [0.2, 0.25) is 0 Å². The number of hydrogen-bond donors (Lipinski definition) is 0. The van der Waals surface area contributed by atoms with Crippen LogP contribution in [0.3, 0.4) is 0 Å². The lowest BCUT2D eigenvalue weighted by atomic mass is 10.2. The van der Waals surface area contributed by atoms with Crippen LogP contribution in [-0.4, -0.2) is 26.6 Å². The minimum atomic E-state index is 0.461. The maximum Gasteiger partial charge on any atom is 0.138 e. The van der Waals surface area contributed by atoms with Gasteiger partial charge in [-0.2, -0.15) is 5.26 Å². The number of hydrogen-bond acceptors (Lipinski definition) is 4. The second-order valence-electron chi connectivity index (χ2n) is 2.79. The van der Waals surface area contributed by atoms with Crippen LogP contribution in [0.25, 0.3) is 0 Å². The molecule has 0 N–H and O–H groups in total. The van der Waals surface area contributed by atoms with E-state index in [0.29, 0.717) is 24.5 Å². The fourth-order valence-corrected chi connectivity index (χ4v) is 1.71. The predicted molar refractivity (Wildman–Crippen MR) is 60.3 cm³/mol. The van der Waals surface area contributed by atoms with Gasteiger partial charge < -0.3 is 9.47 Å². The highest BCUT2D eigenvalue weighted by Crippen LogP contribution is 2.27. The van der Waals surface area contributed by atoms with Gasteiger partial charge in [0.15, 0.2) is 0 Å². The first-order chi connectivity index (χ1) is 7.33. The molecule has 0 bridgehead atoms. The highest BCUT2D eigenvalue weighted by molar-refractivity contribution is 7.98. The molecule has 1 rings (SSSR count). The van der Waals surface area contributed by atoms with Crippen molar-refractivity contribution in [1.29, 1.82) is 5.26 Å². The highest BCUT2D eigenvalue weighted by atomic mass is 32.2. The molecular formula is C11H13NO2S. The minimum absolute atomic E-state index is 0.461. The standard InChI is InChI=1S/C11H13NO2S/c1-13-6-7-14-10-4-3-5-11(15-2)9(10)8-12/h3-5H,6-7H2,1-2H3. The maximum absolute atomic E-state index is 9.01. The summed E-state index contributed by atoms with van der Waals surface area (Å²) in [6.07, 6.45) is 1.94. The predicted octanol–water partition coefficient (Wildman–Crippen LogP) is 2.31. The van der Waals surface area contributed by atoms with E-state index in [-0.39, 0.29) is 0 Å². The molecule has 0 saturated heterocycles. The van der Waals surface area contributed by atoms with Gasteiger partial charge in [-0.05, 0) is 18.4 Å². The Labute approximate surface area is 94.0 Å². The summed E-state index contributed by atoms with van der Waals surface area (Å²) in [6.45, 7) is 0.984. The van der Waals surface area contributed by atoms with Crippen LogP contribution in [0.15, 0.2) is 23.1 Å². The number of thioether (sulfide) groups is 1. The monoisotopic (exact) mass is 223 g/mol. The lowest BCUT2D eigenvalue weighted by Gasteiger charge is -2.09. The van der Waals surface area contributed by atoms with Gasteiger partial charge in [-0.15, -0.1) is 11.8 Å². The average Bonchev–Trinajstić information content (AvgIpc) is 2.29. The smallest absolute Gasteiger partial charge is 0.138 e. The summed E-state index contributed by atoms with van der Waals surface area (Å²) < 4.78 is 10.3. The number of benzene rings is 1. The molecule has 0 amide bonds. The summed E-state index contributed by atoms with van der Waals surface area (Å²) in [7, 11) is 1.62. The van der Waals surface area contributed by atoms with Crippen molar-refractivity contribution in [3.8, 4) is 11.8 Å². The van der Waals surface area contributed by atoms with E-state index >= 15 is 0 Å². The van der Waals surface area contributed by atoms with E-state index in [2.05, 4.69) is 6.07 Å². The topological polar surface area (TPSA) is 42.2 Å². The van der Waals surface area contributed by atoms with Gasteiger partial charge in [-0.3, -0.25) is 0 Å². The van der Waals surface area contributed by atoms with Crippen molar-refractivity contribution in [1.82, 2.24) is 0 Å². The van der Waals surface area contributed by atoms with Gasteiger partial charge in [0, 0.05) is 12.0 Å². The molecule has 0 aliphatic carbocycles. The van der Waals surface area contributed by atoms with Crippen molar-refractivity contribution >= 4 is 11.8 Å². The zero-order valence-corrected chi connectivity index (χ0v) is 9.63.